The van der Waals surface area contributed by atoms with Crippen molar-refractivity contribution in [2.45, 2.75) is 75.0 Å². The molecule has 5 fully saturated rings. The van der Waals surface area contributed by atoms with E-state index in [-0.39, 0.29) is 34.9 Å². The number of benzene rings is 2. The molecule has 9 rings (SSSR count). The van der Waals surface area contributed by atoms with Crippen molar-refractivity contribution in [2.75, 3.05) is 38.2 Å². The van der Waals surface area contributed by atoms with E-state index in [4.69, 9.17) is 25.9 Å². The van der Waals surface area contributed by atoms with Crippen molar-refractivity contribution in [3.63, 3.8) is 0 Å². The zero-order chi connectivity index (χ0) is 30.8. The van der Waals surface area contributed by atoms with E-state index in [1.807, 2.05) is 37.3 Å². The van der Waals surface area contributed by atoms with E-state index in [0.717, 1.165) is 80.8 Å². The second-order valence-corrected chi connectivity index (χ2v) is 13.6. The Labute approximate surface area is 262 Å². The van der Waals surface area contributed by atoms with Gasteiger partial charge in [0.15, 0.2) is 5.82 Å². The van der Waals surface area contributed by atoms with Crippen molar-refractivity contribution in [3.05, 3.63) is 53.5 Å². The molecule has 4 aromatic rings. The SMILES string of the molecule is C#Cc1cccc2cc(C)cc(-c3ncc4c(NC56CCC(CO)(CC5)OC6)nc(OCC56CCCN5CCC6)nc4c3F)c12. The van der Waals surface area contributed by atoms with Crippen LogP contribution in [-0.2, 0) is 4.74 Å². The van der Waals surface area contributed by atoms with Crippen LogP contribution in [0.2, 0.25) is 0 Å². The fraction of sp³-hybridized carbons (Fsp3) is 0.472. The number of nitrogens with one attached hydrogen (secondary N) is 1. The number of terminal acetylenes is 1. The van der Waals surface area contributed by atoms with Gasteiger partial charge < -0.3 is 19.9 Å². The topological polar surface area (TPSA) is 92.6 Å². The number of nitrogens with zero attached hydrogens (tertiary/aromatic N) is 4. The Balaban J connectivity index is 1.24. The average Bonchev–Trinajstić information content (AvgIpc) is 3.65. The van der Waals surface area contributed by atoms with Crippen LogP contribution in [0.1, 0.15) is 62.5 Å². The number of anilines is 1. The Morgan fingerprint density at radius 2 is 1.91 bits per heavy atom. The van der Waals surface area contributed by atoms with Crippen LogP contribution in [0.25, 0.3) is 32.9 Å². The summed E-state index contributed by atoms with van der Waals surface area (Å²) in [6, 6.07) is 9.90. The molecule has 2 bridgehead atoms. The third-order valence-electron chi connectivity index (χ3n) is 10.9. The van der Waals surface area contributed by atoms with Crippen LogP contribution >= 0.6 is 0 Å². The molecule has 5 aliphatic rings. The van der Waals surface area contributed by atoms with Crippen LogP contribution in [0.15, 0.2) is 36.5 Å². The molecule has 0 amide bonds. The van der Waals surface area contributed by atoms with Gasteiger partial charge in [-0.05, 0) is 94.5 Å². The van der Waals surface area contributed by atoms with Gasteiger partial charge in [-0.2, -0.15) is 9.97 Å². The number of ether oxygens (including phenoxy) is 2. The molecule has 0 radical (unpaired) electrons. The smallest absolute Gasteiger partial charge is 0.319 e. The summed E-state index contributed by atoms with van der Waals surface area (Å²) < 4.78 is 29.4. The van der Waals surface area contributed by atoms with Crippen LogP contribution in [-0.4, -0.2) is 74.5 Å². The van der Waals surface area contributed by atoms with Crippen LogP contribution in [0.5, 0.6) is 6.01 Å². The number of aliphatic hydroxyl groups excluding tert-OH is 1. The molecule has 2 aromatic carbocycles. The highest BCUT2D eigenvalue weighted by Gasteiger charge is 2.50. The summed E-state index contributed by atoms with van der Waals surface area (Å²) in [5, 5.41) is 15.8. The number of hydrogen-bond acceptors (Lipinski definition) is 8. The third kappa shape index (κ3) is 4.65. The zero-order valence-electron chi connectivity index (χ0n) is 25.7. The minimum absolute atomic E-state index is 0.00709. The normalized spacial score (nSPS) is 25.5. The molecule has 9 heteroatoms. The van der Waals surface area contributed by atoms with Crippen molar-refractivity contribution in [2.24, 2.45) is 0 Å². The molecule has 232 valence electrons. The molecule has 4 aliphatic heterocycles. The second kappa shape index (κ2) is 10.6. The fourth-order valence-corrected chi connectivity index (χ4v) is 8.31. The molecule has 0 atom stereocenters. The van der Waals surface area contributed by atoms with Gasteiger partial charge in [0.05, 0.1) is 35.3 Å². The van der Waals surface area contributed by atoms with Crippen LogP contribution in [0.3, 0.4) is 0 Å². The van der Waals surface area contributed by atoms with E-state index < -0.39 is 11.4 Å². The number of rotatable bonds is 7. The zero-order valence-corrected chi connectivity index (χ0v) is 25.7. The van der Waals surface area contributed by atoms with Crippen LogP contribution < -0.4 is 10.1 Å². The lowest BCUT2D eigenvalue weighted by atomic mass is 9.71. The highest BCUT2D eigenvalue weighted by molar-refractivity contribution is 6.02. The molecule has 6 heterocycles. The Morgan fingerprint density at radius 3 is 2.62 bits per heavy atom. The van der Waals surface area contributed by atoms with Gasteiger partial charge in [-0.15, -0.1) is 6.42 Å². The molecule has 0 spiro atoms. The van der Waals surface area contributed by atoms with E-state index >= 15 is 4.39 Å². The van der Waals surface area contributed by atoms with Gasteiger partial charge in [0.1, 0.15) is 23.6 Å². The Kier molecular flexibility index (Phi) is 6.75. The Hall–Kier alpha value is -3.84. The summed E-state index contributed by atoms with van der Waals surface area (Å²) in [6.07, 6.45) is 15.1. The van der Waals surface area contributed by atoms with Crippen molar-refractivity contribution in [1.29, 1.82) is 0 Å². The Bertz CT molecular complexity index is 1840. The average molecular weight is 608 g/mol. The number of hydrogen-bond donors (Lipinski definition) is 2. The number of aliphatic hydroxyl groups is 1. The highest BCUT2D eigenvalue weighted by Crippen LogP contribution is 2.46. The molecule has 2 N–H and O–H groups in total. The Morgan fingerprint density at radius 1 is 1.11 bits per heavy atom. The van der Waals surface area contributed by atoms with Crippen molar-refractivity contribution < 1.29 is 19.0 Å². The third-order valence-corrected chi connectivity index (χ3v) is 10.9. The standard InChI is InChI=1S/C36H38FN5O3/c1-3-24-7-4-8-25-17-23(2)18-26(28(24)25)30-29(37)31-27(19-38-30)32(41-34-11-13-36(20-43,14-12-34)45-21-34)40-33(39-31)44-22-35-9-5-15-42(35)16-6-10-35/h1,4,7-8,17-19,43H,5-6,9-16,20-22H2,2H3,(H,39,40,41). The molecular weight excluding hydrogens is 569 g/mol. The monoisotopic (exact) mass is 607 g/mol. The summed E-state index contributed by atoms with van der Waals surface area (Å²) in [7, 11) is 0. The maximum Gasteiger partial charge on any atom is 0.319 e. The first-order valence-corrected chi connectivity index (χ1v) is 16.1. The molecule has 8 nitrogen and oxygen atoms in total. The lowest BCUT2D eigenvalue weighted by molar-refractivity contribution is -0.167. The van der Waals surface area contributed by atoms with E-state index in [0.29, 0.717) is 35.5 Å². The molecule has 4 saturated heterocycles. The summed E-state index contributed by atoms with van der Waals surface area (Å²) in [4.78, 5) is 16.8. The number of halogens is 1. The second-order valence-electron chi connectivity index (χ2n) is 13.6. The lowest BCUT2D eigenvalue weighted by Gasteiger charge is -2.52. The number of fused-ring (bicyclic) bond motifs is 6. The quantitative estimate of drug-likeness (QED) is 0.256. The van der Waals surface area contributed by atoms with E-state index in [1.54, 1.807) is 6.20 Å². The number of pyridine rings is 1. The van der Waals surface area contributed by atoms with Gasteiger partial charge in [-0.25, -0.2) is 4.39 Å². The molecule has 2 aromatic heterocycles. The molecule has 1 aliphatic carbocycles. The van der Waals surface area contributed by atoms with Crippen LogP contribution in [0, 0.1) is 25.1 Å². The van der Waals surface area contributed by atoms with Gasteiger partial charge in [-0.3, -0.25) is 9.88 Å². The maximum absolute atomic E-state index is 16.9. The number of aryl methyl sites for hydroxylation is 1. The van der Waals surface area contributed by atoms with E-state index in [9.17, 15) is 5.11 Å². The fourth-order valence-electron chi connectivity index (χ4n) is 8.31. The summed E-state index contributed by atoms with van der Waals surface area (Å²) in [6.45, 7) is 5.07. The predicted octanol–water partition coefficient (Wildman–Crippen LogP) is 5.77. The largest absolute Gasteiger partial charge is 0.461 e. The van der Waals surface area contributed by atoms with Gasteiger partial charge in [0, 0.05) is 22.7 Å². The first kappa shape index (κ1) is 28.6. The molecule has 45 heavy (non-hydrogen) atoms. The van der Waals surface area contributed by atoms with Crippen molar-refractivity contribution >= 4 is 27.5 Å². The molecule has 0 unspecified atom stereocenters. The molecular formula is C36H38FN5O3. The summed E-state index contributed by atoms with van der Waals surface area (Å²) in [5.41, 5.74) is 1.78. The highest BCUT2D eigenvalue weighted by atomic mass is 19.1. The van der Waals surface area contributed by atoms with Crippen molar-refractivity contribution in [1.82, 2.24) is 19.9 Å². The van der Waals surface area contributed by atoms with E-state index in [1.165, 1.54) is 0 Å². The van der Waals surface area contributed by atoms with E-state index in [2.05, 4.69) is 21.1 Å². The van der Waals surface area contributed by atoms with Gasteiger partial charge in [-0.1, -0.05) is 24.1 Å². The van der Waals surface area contributed by atoms with Crippen molar-refractivity contribution in [3.8, 4) is 29.6 Å². The minimum atomic E-state index is -0.539. The summed E-state index contributed by atoms with van der Waals surface area (Å²) in [5.74, 6) is 2.71. The molecule has 1 saturated carbocycles. The predicted molar refractivity (Wildman–Crippen MR) is 172 cm³/mol. The van der Waals surface area contributed by atoms with Gasteiger partial charge in [0.25, 0.3) is 0 Å². The van der Waals surface area contributed by atoms with Gasteiger partial charge >= 0.3 is 6.01 Å². The minimum Gasteiger partial charge on any atom is -0.461 e. The van der Waals surface area contributed by atoms with Gasteiger partial charge in [0.2, 0.25) is 0 Å². The lowest BCUT2D eigenvalue weighted by Crippen LogP contribution is -2.60. The number of aromatic nitrogens is 3. The maximum atomic E-state index is 16.9. The van der Waals surface area contributed by atoms with Crippen LogP contribution in [0.4, 0.5) is 10.2 Å². The first-order chi connectivity index (χ1) is 21.9. The summed E-state index contributed by atoms with van der Waals surface area (Å²) >= 11 is 0. The first-order valence-electron chi connectivity index (χ1n) is 16.1.